The van der Waals surface area contributed by atoms with Gasteiger partial charge in [0.1, 0.15) is 5.75 Å². The molecule has 1 aromatic heterocycles. The Hall–Kier alpha value is -1.72. The molecule has 0 unspecified atom stereocenters. The van der Waals surface area contributed by atoms with Crippen LogP contribution < -0.4 is 5.73 Å². The molecule has 0 atom stereocenters. The zero-order valence-corrected chi connectivity index (χ0v) is 11.8. The summed E-state index contributed by atoms with van der Waals surface area (Å²) in [6, 6.07) is 8.00. The number of carbonyl (C=O) groups is 1. The van der Waals surface area contributed by atoms with E-state index in [1.165, 1.54) is 34.4 Å². The quantitative estimate of drug-likeness (QED) is 0.676. The number of phenolic OH excluding ortho intramolecular Hbond substituents is 1. The summed E-state index contributed by atoms with van der Waals surface area (Å²) in [5.41, 5.74) is 6.39. The molecule has 0 bridgehead atoms. The number of amides is 1. The molecule has 100 valence electrons. The van der Waals surface area contributed by atoms with Gasteiger partial charge in [0, 0.05) is 17.6 Å². The van der Waals surface area contributed by atoms with Crippen molar-refractivity contribution in [2.75, 3.05) is 12.8 Å². The Balaban J connectivity index is 2.16. The second kappa shape index (κ2) is 5.50. The van der Waals surface area contributed by atoms with Crippen LogP contribution in [0, 0.1) is 0 Å². The number of nitrogen functional groups attached to an aromatic ring is 1. The maximum absolute atomic E-state index is 12.2. The van der Waals surface area contributed by atoms with Crippen LogP contribution in [0.1, 0.15) is 15.2 Å². The van der Waals surface area contributed by atoms with Crippen LogP contribution >= 0.6 is 22.9 Å². The van der Waals surface area contributed by atoms with Gasteiger partial charge in [-0.3, -0.25) is 4.79 Å². The first-order valence-electron chi connectivity index (χ1n) is 5.55. The second-order valence-corrected chi connectivity index (χ2v) is 5.94. The molecule has 0 aliphatic heterocycles. The van der Waals surface area contributed by atoms with Crippen molar-refractivity contribution in [1.29, 1.82) is 0 Å². The van der Waals surface area contributed by atoms with Crippen LogP contribution in [0.3, 0.4) is 0 Å². The highest BCUT2D eigenvalue weighted by atomic mass is 35.5. The first-order chi connectivity index (χ1) is 8.97. The number of anilines is 1. The Morgan fingerprint density at radius 1 is 1.42 bits per heavy atom. The van der Waals surface area contributed by atoms with E-state index in [1.54, 1.807) is 13.1 Å². The van der Waals surface area contributed by atoms with Crippen LogP contribution in [0.4, 0.5) is 5.69 Å². The molecule has 6 heteroatoms. The van der Waals surface area contributed by atoms with E-state index in [0.29, 0.717) is 22.1 Å². The number of phenols is 1. The van der Waals surface area contributed by atoms with Crippen molar-refractivity contribution in [3.05, 3.63) is 45.1 Å². The maximum atomic E-state index is 12.2. The number of aromatic hydroxyl groups is 1. The van der Waals surface area contributed by atoms with Crippen molar-refractivity contribution < 1.29 is 9.90 Å². The summed E-state index contributed by atoms with van der Waals surface area (Å²) >= 11 is 7.28. The van der Waals surface area contributed by atoms with Crippen molar-refractivity contribution in [3.8, 4) is 5.75 Å². The van der Waals surface area contributed by atoms with E-state index in [9.17, 15) is 9.90 Å². The van der Waals surface area contributed by atoms with Crippen LogP contribution in [0.15, 0.2) is 30.3 Å². The first-order valence-corrected chi connectivity index (χ1v) is 6.75. The van der Waals surface area contributed by atoms with Gasteiger partial charge in [0.15, 0.2) is 0 Å². The van der Waals surface area contributed by atoms with Crippen molar-refractivity contribution in [1.82, 2.24) is 4.90 Å². The van der Waals surface area contributed by atoms with Gasteiger partial charge < -0.3 is 15.7 Å². The Kier molecular flexibility index (Phi) is 3.97. The van der Waals surface area contributed by atoms with E-state index in [2.05, 4.69) is 0 Å². The molecule has 2 rings (SSSR count). The summed E-state index contributed by atoms with van der Waals surface area (Å²) in [6.07, 6.45) is 0. The lowest BCUT2D eigenvalue weighted by Gasteiger charge is -2.17. The van der Waals surface area contributed by atoms with E-state index in [4.69, 9.17) is 17.3 Å². The SMILES string of the molecule is CN(Cc1ccc(Cl)s1)C(=O)c1cc(O)ccc1N. The van der Waals surface area contributed by atoms with Gasteiger partial charge in [0.05, 0.1) is 16.4 Å². The minimum absolute atomic E-state index is 0.0186. The number of carbonyl (C=O) groups excluding carboxylic acids is 1. The summed E-state index contributed by atoms with van der Waals surface area (Å²) in [4.78, 5) is 14.8. The molecule has 0 spiro atoms. The van der Waals surface area contributed by atoms with Gasteiger partial charge >= 0.3 is 0 Å². The smallest absolute Gasteiger partial charge is 0.256 e. The topological polar surface area (TPSA) is 66.6 Å². The van der Waals surface area contributed by atoms with Gasteiger partial charge in [-0.2, -0.15) is 0 Å². The molecule has 0 aliphatic rings. The van der Waals surface area contributed by atoms with E-state index in [-0.39, 0.29) is 11.7 Å². The fraction of sp³-hybridized carbons (Fsp3) is 0.154. The molecular weight excluding hydrogens is 284 g/mol. The number of hydrogen-bond acceptors (Lipinski definition) is 4. The third kappa shape index (κ3) is 3.19. The molecule has 0 radical (unpaired) electrons. The lowest BCUT2D eigenvalue weighted by molar-refractivity contribution is 0.0787. The molecule has 1 heterocycles. The van der Waals surface area contributed by atoms with Crippen LogP contribution in [-0.4, -0.2) is 23.0 Å². The number of benzene rings is 1. The van der Waals surface area contributed by atoms with Gasteiger partial charge in [-0.05, 0) is 30.3 Å². The fourth-order valence-electron chi connectivity index (χ4n) is 1.68. The maximum Gasteiger partial charge on any atom is 0.256 e. The van der Waals surface area contributed by atoms with Crippen LogP contribution in [0.5, 0.6) is 5.75 Å². The first kappa shape index (κ1) is 13.7. The monoisotopic (exact) mass is 296 g/mol. The number of thiophene rings is 1. The molecule has 2 aromatic rings. The lowest BCUT2D eigenvalue weighted by atomic mass is 10.1. The van der Waals surface area contributed by atoms with Gasteiger partial charge in [-0.1, -0.05) is 11.6 Å². The number of rotatable bonds is 3. The summed E-state index contributed by atoms with van der Waals surface area (Å²) < 4.78 is 0.688. The number of nitrogens with zero attached hydrogens (tertiary/aromatic N) is 1. The van der Waals surface area contributed by atoms with E-state index in [0.717, 1.165) is 4.88 Å². The summed E-state index contributed by atoms with van der Waals surface area (Å²) in [5.74, 6) is -0.219. The zero-order valence-electron chi connectivity index (χ0n) is 10.3. The zero-order chi connectivity index (χ0) is 14.0. The predicted octanol–water partition coefficient (Wildman–Crippen LogP) is 2.96. The van der Waals surface area contributed by atoms with Crippen molar-refractivity contribution in [2.24, 2.45) is 0 Å². The van der Waals surface area contributed by atoms with Crippen LogP contribution in [0.2, 0.25) is 4.34 Å². The largest absolute Gasteiger partial charge is 0.508 e. The summed E-state index contributed by atoms with van der Waals surface area (Å²) in [6.45, 7) is 0.450. The molecule has 0 aliphatic carbocycles. The van der Waals surface area contributed by atoms with Crippen molar-refractivity contribution in [3.63, 3.8) is 0 Å². The highest BCUT2D eigenvalue weighted by Crippen LogP contribution is 2.24. The van der Waals surface area contributed by atoms with Gasteiger partial charge in [-0.25, -0.2) is 0 Å². The Bertz CT molecular complexity index is 612. The average molecular weight is 297 g/mol. The van der Waals surface area contributed by atoms with Gasteiger partial charge in [-0.15, -0.1) is 11.3 Å². The standard InChI is InChI=1S/C13H13ClN2O2S/c1-16(7-9-3-5-12(14)19-9)13(18)10-6-8(17)2-4-11(10)15/h2-6,17H,7,15H2,1H3. The summed E-state index contributed by atoms with van der Waals surface area (Å²) in [7, 11) is 1.68. The van der Waals surface area contributed by atoms with Crippen molar-refractivity contribution >= 4 is 34.5 Å². The average Bonchev–Trinajstić information content (AvgIpc) is 2.77. The highest BCUT2D eigenvalue weighted by molar-refractivity contribution is 7.16. The fourth-order valence-corrected chi connectivity index (χ4v) is 2.82. The normalized spacial score (nSPS) is 10.4. The lowest BCUT2D eigenvalue weighted by Crippen LogP contribution is -2.26. The molecule has 19 heavy (non-hydrogen) atoms. The molecule has 0 fully saturated rings. The number of halogens is 1. The molecule has 4 nitrogen and oxygen atoms in total. The van der Waals surface area contributed by atoms with E-state index >= 15 is 0 Å². The predicted molar refractivity (Wildman–Crippen MR) is 77.6 cm³/mol. The Labute approximate surface area is 120 Å². The number of hydrogen-bond donors (Lipinski definition) is 2. The third-order valence-corrected chi connectivity index (χ3v) is 3.85. The van der Waals surface area contributed by atoms with Crippen molar-refractivity contribution in [2.45, 2.75) is 6.54 Å². The Morgan fingerprint density at radius 2 is 2.16 bits per heavy atom. The minimum Gasteiger partial charge on any atom is -0.508 e. The number of nitrogens with two attached hydrogens (primary N) is 1. The molecule has 0 saturated heterocycles. The van der Waals surface area contributed by atoms with Crippen LogP contribution in [-0.2, 0) is 6.54 Å². The highest BCUT2D eigenvalue weighted by Gasteiger charge is 2.16. The molecule has 0 saturated carbocycles. The molecule has 1 aromatic carbocycles. The van der Waals surface area contributed by atoms with Gasteiger partial charge in [0.2, 0.25) is 0 Å². The molecular formula is C13H13ClN2O2S. The third-order valence-electron chi connectivity index (χ3n) is 2.64. The van der Waals surface area contributed by atoms with Crippen LogP contribution in [0.25, 0.3) is 0 Å². The molecule has 1 amide bonds. The van der Waals surface area contributed by atoms with E-state index in [1.807, 2.05) is 6.07 Å². The Morgan fingerprint density at radius 3 is 2.79 bits per heavy atom. The van der Waals surface area contributed by atoms with E-state index < -0.39 is 0 Å². The second-order valence-electron chi connectivity index (χ2n) is 4.14. The summed E-state index contributed by atoms with van der Waals surface area (Å²) in [5, 5.41) is 9.42. The van der Waals surface area contributed by atoms with Gasteiger partial charge in [0.25, 0.3) is 5.91 Å². The molecule has 3 N–H and O–H groups in total. The minimum atomic E-state index is -0.238.